The molecule has 1 amide bonds. The monoisotopic (exact) mass is 183 g/mol. The molecular weight excluding hydrogens is 170 g/mol. The van der Waals surface area contributed by atoms with E-state index in [0.29, 0.717) is 12.3 Å². The highest BCUT2D eigenvalue weighted by atomic mass is 16.4. The largest absolute Gasteiger partial charge is 0.480 e. The van der Waals surface area contributed by atoms with Crippen LogP contribution < -0.4 is 5.32 Å². The lowest BCUT2D eigenvalue weighted by Gasteiger charge is -2.06. The number of carbonyl (C=O) groups excluding carboxylic acids is 1. The van der Waals surface area contributed by atoms with E-state index in [1.807, 2.05) is 6.08 Å². The minimum Gasteiger partial charge on any atom is -0.480 e. The maximum Gasteiger partial charge on any atom is 0.322 e. The van der Waals surface area contributed by atoms with Crippen LogP contribution in [0.5, 0.6) is 0 Å². The maximum absolute atomic E-state index is 11.1. The number of nitrogens with one attached hydrogen (secondary N) is 1. The smallest absolute Gasteiger partial charge is 0.322 e. The molecule has 1 aliphatic rings. The van der Waals surface area contributed by atoms with Crippen LogP contribution in [0.1, 0.15) is 19.3 Å². The summed E-state index contributed by atoms with van der Waals surface area (Å²) in [4.78, 5) is 21.2. The number of rotatable bonds is 4. The topological polar surface area (TPSA) is 66.4 Å². The van der Waals surface area contributed by atoms with Crippen molar-refractivity contribution >= 4 is 11.9 Å². The van der Waals surface area contributed by atoms with Gasteiger partial charge in [0.2, 0.25) is 5.91 Å². The van der Waals surface area contributed by atoms with E-state index in [-0.39, 0.29) is 12.5 Å². The van der Waals surface area contributed by atoms with Crippen LogP contribution in [0.4, 0.5) is 0 Å². The van der Waals surface area contributed by atoms with Crippen molar-refractivity contribution in [3.8, 4) is 0 Å². The molecule has 0 radical (unpaired) electrons. The molecule has 4 nitrogen and oxygen atoms in total. The molecule has 1 atom stereocenters. The summed E-state index contributed by atoms with van der Waals surface area (Å²) in [6, 6.07) is 0. The Bertz CT molecular complexity index is 235. The molecule has 0 aliphatic heterocycles. The normalized spacial score (nSPS) is 20.2. The molecule has 1 unspecified atom stereocenters. The predicted molar refractivity (Wildman–Crippen MR) is 47.1 cm³/mol. The van der Waals surface area contributed by atoms with Crippen LogP contribution in [0.2, 0.25) is 0 Å². The Kier molecular flexibility index (Phi) is 3.49. The van der Waals surface area contributed by atoms with Gasteiger partial charge in [0.25, 0.3) is 0 Å². The van der Waals surface area contributed by atoms with Gasteiger partial charge >= 0.3 is 5.97 Å². The summed E-state index contributed by atoms with van der Waals surface area (Å²) in [5, 5.41) is 10.6. The fraction of sp³-hybridized carbons (Fsp3) is 0.556. The summed E-state index contributed by atoms with van der Waals surface area (Å²) in [7, 11) is 0. The maximum atomic E-state index is 11.1. The second kappa shape index (κ2) is 4.64. The molecule has 13 heavy (non-hydrogen) atoms. The van der Waals surface area contributed by atoms with Crippen molar-refractivity contribution in [1.82, 2.24) is 5.32 Å². The van der Waals surface area contributed by atoms with E-state index < -0.39 is 5.97 Å². The van der Waals surface area contributed by atoms with E-state index in [4.69, 9.17) is 5.11 Å². The third kappa shape index (κ3) is 3.73. The molecule has 0 bridgehead atoms. The first kappa shape index (κ1) is 9.77. The van der Waals surface area contributed by atoms with Gasteiger partial charge in [-0.2, -0.15) is 0 Å². The van der Waals surface area contributed by atoms with Gasteiger partial charge in [-0.15, -0.1) is 0 Å². The van der Waals surface area contributed by atoms with Crippen LogP contribution in [-0.2, 0) is 9.59 Å². The summed E-state index contributed by atoms with van der Waals surface area (Å²) in [5.41, 5.74) is 0. The molecule has 0 spiro atoms. The fourth-order valence-electron chi connectivity index (χ4n) is 1.35. The van der Waals surface area contributed by atoms with Crippen molar-refractivity contribution in [1.29, 1.82) is 0 Å². The standard InChI is InChI=1S/C9H13NO3/c11-8(10-6-9(12)13)5-7-3-1-2-4-7/h1,3,7H,2,4-6H2,(H,10,11)(H,12,13). The van der Waals surface area contributed by atoms with Gasteiger partial charge in [0.05, 0.1) is 0 Å². The lowest BCUT2D eigenvalue weighted by atomic mass is 10.1. The minimum atomic E-state index is -1.00. The first-order valence-electron chi connectivity index (χ1n) is 4.33. The number of aliphatic carboxylic acids is 1. The average Bonchev–Trinajstić information content (AvgIpc) is 2.53. The third-order valence-corrected chi connectivity index (χ3v) is 2.00. The van der Waals surface area contributed by atoms with Gasteiger partial charge in [-0.25, -0.2) is 0 Å². The summed E-state index contributed by atoms with van der Waals surface area (Å²) >= 11 is 0. The first-order valence-corrected chi connectivity index (χ1v) is 4.33. The predicted octanol–water partition coefficient (Wildman–Crippen LogP) is 0.543. The summed E-state index contributed by atoms with van der Waals surface area (Å²) in [6.45, 7) is -0.282. The summed E-state index contributed by atoms with van der Waals surface area (Å²) in [6.07, 6.45) is 6.50. The summed E-state index contributed by atoms with van der Waals surface area (Å²) in [5.74, 6) is -0.886. The van der Waals surface area contributed by atoms with Crippen LogP contribution in [0.25, 0.3) is 0 Å². The van der Waals surface area contributed by atoms with E-state index in [9.17, 15) is 9.59 Å². The van der Waals surface area contributed by atoms with Gasteiger partial charge in [-0.05, 0) is 18.8 Å². The van der Waals surface area contributed by atoms with Gasteiger partial charge in [0.1, 0.15) is 6.54 Å². The molecular formula is C9H13NO3. The van der Waals surface area contributed by atoms with Crippen LogP contribution in [0, 0.1) is 5.92 Å². The highest BCUT2D eigenvalue weighted by molar-refractivity contribution is 5.81. The summed E-state index contributed by atoms with van der Waals surface area (Å²) < 4.78 is 0. The van der Waals surface area contributed by atoms with Crippen molar-refractivity contribution < 1.29 is 14.7 Å². The Hall–Kier alpha value is -1.32. The quantitative estimate of drug-likeness (QED) is 0.625. The van der Waals surface area contributed by atoms with Gasteiger partial charge in [-0.3, -0.25) is 9.59 Å². The number of carbonyl (C=O) groups is 2. The SMILES string of the molecule is O=C(O)CNC(=O)CC1C=CCC1. The van der Waals surface area contributed by atoms with Crippen molar-refractivity contribution in [2.24, 2.45) is 5.92 Å². The van der Waals surface area contributed by atoms with E-state index >= 15 is 0 Å². The molecule has 0 saturated carbocycles. The number of hydrogen-bond acceptors (Lipinski definition) is 2. The minimum absolute atomic E-state index is 0.182. The first-order chi connectivity index (χ1) is 6.18. The zero-order chi connectivity index (χ0) is 9.68. The number of allylic oxidation sites excluding steroid dienone is 2. The Balaban J connectivity index is 2.17. The molecule has 2 N–H and O–H groups in total. The Labute approximate surface area is 76.6 Å². The third-order valence-electron chi connectivity index (χ3n) is 2.00. The van der Waals surface area contributed by atoms with Crippen LogP contribution in [0.3, 0.4) is 0 Å². The van der Waals surface area contributed by atoms with Gasteiger partial charge < -0.3 is 10.4 Å². The molecule has 72 valence electrons. The molecule has 1 rings (SSSR count). The van der Waals surface area contributed by atoms with Crippen molar-refractivity contribution in [2.75, 3.05) is 6.54 Å². The number of hydrogen-bond donors (Lipinski definition) is 2. The van der Waals surface area contributed by atoms with Gasteiger partial charge in [-0.1, -0.05) is 12.2 Å². The molecule has 0 aromatic carbocycles. The zero-order valence-corrected chi connectivity index (χ0v) is 7.32. The highest BCUT2D eigenvalue weighted by Gasteiger charge is 2.13. The second-order valence-corrected chi connectivity index (χ2v) is 3.14. The Morgan fingerprint density at radius 1 is 1.54 bits per heavy atom. The molecule has 0 saturated heterocycles. The van der Waals surface area contributed by atoms with E-state index in [2.05, 4.69) is 11.4 Å². The molecule has 0 fully saturated rings. The van der Waals surface area contributed by atoms with Crippen molar-refractivity contribution in [3.05, 3.63) is 12.2 Å². The number of carboxylic acids is 1. The van der Waals surface area contributed by atoms with E-state index in [0.717, 1.165) is 12.8 Å². The molecule has 0 aromatic heterocycles. The lowest BCUT2D eigenvalue weighted by molar-refractivity contribution is -0.138. The zero-order valence-electron chi connectivity index (χ0n) is 7.32. The van der Waals surface area contributed by atoms with Crippen LogP contribution in [-0.4, -0.2) is 23.5 Å². The van der Waals surface area contributed by atoms with Gasteiger partial charge in [0.15, 0.2) is 0 Å². The fourth-order valence-corrected chi connectivity index (χ4v) is 1.35. The Morgan fingerprint density at radius 2 is 2.31 bits per heavy atom. The van der Waals surface area contributed by atoms with Crippen molar-refractivity contribution in [3.63, 3.8) is 0 Å². The molecule has 0 heterocycles. The molecule has 0 aromatic rings. The second-order valence-electron chi connectivity index (χ2n) is 3.14. The number of carboxylic acid groups (broad SMARTS) is 1. The molecule has 4 heteroatoms. The Morgan fingerprint density at radius 3 is 2.85 bits per heavy atom. The highest BCUT2D eigenvalue weighted by Crippen LogP contribution is 2.19. The van der Waals surface area contributed by atoms with E-state index in [1.165, 1.54) is 0 Å². The number of amides is 1. The molecule has 1 aliphatic carbocycles. The van der Waals surface area contributed by atoms with Crippen molar-refractivity contribution in [2.45, 2.75) is 19.3 Å². The van der Waals surface area contributed by atoms with Crippen LogP contribution in [0.15, 0.2) is 12.2 Å². The van der Waals surface area contributed by atoms with E-state index in [1.54, 1.807) is 0 Å². The average molecular weight is 183 g/mol. The lowest BCUT2D eigenvalue weighted by Crippen LogP contribution is -2.30. The van der Waals surface area contributed by atoms with Gasteiger partial charge in [0, 0.05) is 6.42 Å². The van der Waals surface area contributed by atoms with Crippen LogP contribution >= 0.6 is 0 Å².